The molecule has 8 heteroatoms. The Bertz CT molecular complexity index is 1280. The molecular weight excluding hydrogens is 458 g/mol. The minimum atomic E-state index is -0.897. The standard InChI is InChI=1S/C28H31N3O5/c1-4-18-15-28(18,27(33)35-3)31-26(32)24-13-20(16-29-24)36-25-14-22(17-8-6-5-7-9-17)30-23-12-19(34-2)10-11-21(23)25/h5-12,14,18,20,24,29H,4,13,15-16H2,1-3H3,(H,31,32)/t18?,20-,24+,28-/m1/s1. The number of benzene rings is 2. The third kappa shape index (κ3) is 4.48. The van der Waals surface area contributed by atoms with Crippen LogP contribution >= 0.6 is 0 Å². The summed E-state index contributed by atoms with van der Waals surface area (Å²) in [6.45, 7) is 2.53. The lowest BCUT2D eigenvalue weighted by Gasteiger charge is -2.20. The van der Waals surface area contributed by atoms with Crippen LogP contribution in [-0.4, -0.2) is 55.3 Å². The molecule has 2 aliphatic rings. The van der Waals surface area contributed by atoms with E-state index in [1.165, 1.54) is 7.11 Å². The number of amides is 1. The zero-order valence-corrected chi connectivity index (χ0v) is 20.7. The van der Waals surface area contributed by atoms with Gasteiger partial charge in [-0.15, -0.1) is 0 Å². The van der Waals surface area contributed by atoms with Crippen LogP contribution in [0.15, 0.2) is 54.6 Å². The first kappa shape index (κ1) is 24.1. The molecule has 2 heterocycles. The molecule has 1 saturated carbocycles. The normalized spacial score (nSPS) is 24.8. The number of carbonyl (C=O) groups is 2. The molecule has 4 atom stereocenters. The van der Waals surface area contributed by atoms with E-state index in [9.17, 15) is 9.59 Å². The number of carbonyl (C=O) groups excluding carboxylic acids is 2. The van der Waals surface area contributed by atoms with Gasteiger partial charge in [-0.3, -0.25) is 4.79 Å². The SMILES string of the molecule is CCC1C[C@]1(NC(=O)[C@@H]1C[C@@H](Oc2cc(-c3ccccc3)nc3cc(OC)ccc23)CN1)C(=O)OC. The Morgan fingerprint density at radius 3 is 2.64 bits per heavy atom. The second-order valence-corrected chi connectivity index (χ2v) is 9.45. The summed E-state index contributed by atoms with van der Waals surface area (Å²) in [5.41, 5.74) is 1.65. The number of nitrogens with one attached hydrogen (secondary N) is 2. The van der Waals surface area contributed by atoms with Gasteiger partial charge in [-0.25, -0.2) is 9.78 Å². The number of fused-ring (bicyclic) bond motifs is 1. The van der Waals surface area contributed by atoms with Gasteiger partial charge >= 0.3 is 5.97 Å². The number of ether oxygens (including phenoxy) is 3. The van der Waals surface area contributed by atoms with Crippen molar-refractivity contribution >= 4 is 22.8 Å². The summed E-state index contributed by atoms with van der Waals surface area (Å²) in [7, 11) is 2.99. The summed E-state index contributed by atoms with van der Waals surface area (Å²) in [5, 5.41) is 7.09. The smallest absolute Gasteiger partial charge is 0.331 e. The van der Waals surface area contributed by atoms with Crippen LogP contribution in [0.25, 0.3) is 22.2 Å². The van der Waals surface area contributed by atoms with Crippen molar-refractivity contribution < 1.29 is 23.8 Å². The van der Waals surface area contributed by atoms with E-state index in [-0.39, 0.29) is 23.9 Å². The molecule has 36 heavy (non-hydrogen) atoms. The van der Waals surface area contributed by atoms with Crippen LogP contribution in [-0.2, 0) is 14.3 Å². The van der Waals surface area contributed by atoms with Crippen molar-refractivity contribution in [2.45, 2.75) is 43.9 Å². The molecule has 1 unspecified atom stereocenters. The van der Waals surface area contributed by atoms with Crippen LogP contribution in [0.2, 0.25) is 0 Å². The molecular formula is C28H31N3O5. The molecule has 2 aromatic carbocycles. The summed E-state index contributed by atoms with van der Waals surface area (Å²) in [5.74, 6) is 0.959. The number of methoxy groups -OCH3 is 2. The average Bonchev–Trinajstić information content (AvgIpc) is 3.43. The molecule has 2 fully saturated rings. The topological polar surface area (TPSA) is 98.8 Å². The van der Waals surface area contributed by atoms with Gasteiger partial charge in [0.2, 0.25) is 5.91 Å². The predicted octanol–water partition coefficient (Wildman–Crippen LogP) is 3.48. The summed E-state index contributed by atoms with van der Waals surface area (Å²) < 4.78 is 16.8. The van der Waals surface area contributed by atoms with E-state index in [0.29, 0.717) is 25.1 Å². The van der Waals surface area contributed by atoms with E-state index < -0.39 is 11.6 Å². The van der Waals surface area contributed by atoms with Crippen molar-refractivity contribution in [3.8, 4) is 22.8 Å². The van der Waals surface area contributed by atoms with Crippen molar-refractivity contribution in [2.24, 2.45) is 5.92 Å². The number of hydrogen-bond donors (Lipinski definition) is 2. The fraction of sp³-hybridized carbons (Fsp3) is 0.393. The Hall–Kier alpha value is -3.65. The monoisotopic (exact) mass is 489 g/mol. The Labute approximate surface area is 210 Å². The molecule has 0 radical (unpaired) electrons. The zero-order valence-electron chi connectivity index (χ0n) is 20.7. The Morgan fingerprint density at radius 2 is 1.94 bits per heavy atom. The maximum Gasteiger partial charge on any atom is 0.331 e. The lowest BCUT2D eigenvalue weighted by Crippen LogP contribution is -2.51. The van der Waals surface area contributed by atoms with Gasteiger partial charge in [0.25, 0.3) is 0 Å². The number of hydrogen-bond acceptors (Lipinski definition) is 7. The Kier molecular flexibility index (Phi) is 6.53. The van der Waals surface area contributed by atoms with Gasteiger partial charge in [-0.2, -0.15) is 0 Å². The van der Waals surface area contributed by atoms with Crippen LogP contribution in [0.1, 0.15) is 26.2 Å². The van der Waals surface area contributed by atoms with Gasteiger partial charge in [0.05, 0.1) is 31.5 Å². The quantitative estimate of drug-likeness (QED) is 0.468. The first-order chi connectivity index (χ1) is 17.5. The number of esters is 1. The van der Waals surface area contributed by atoms with Gasteiger partial charge in [0.1, 0.15) is 23.1 Å². The van der Waals surface area contributed by atoms with Crippen molar-refractivity contribution in [1.82, 2.24) is 15.6 Å². The second kappa shape index (κ2) is 9.78. The maximum atomic E-state index is 13.0. The number of pyridine rings is 1. The van der Waals surface area contributed by atoms with Gasteiger partial charge in [0.15, 0.2) is 0 Å². The third-order valence-corrected chi connectivity index (χ3v) is 7.24. The first-order valence-electron chi connectivity index (χ1n) is 12.3. The molecule has 1 aliphatic heterocycles. The van der Waals surface area contributed by atoms with Crippen LogP contribution in [0.5, 0.6) is 11.5 Å². The Morgan fingerprint density at radius 1 is 1.14 bits per heavy atom. The molecule has 3 aromatic rings. The predicted molar refractivity (Wildman–Crippen MR) is 136 cm³/mol. The minimum Gasteiger partial charge on any atom is -0.497 e. The molecule has 1 aromatic heterocycles. The summed E-state index contributed by atoms with van der Waals surface area (Å²) in [4.78, 5) is 30.2. The highest BCUT2D eigenvalue weighted by atomic mass is 16.5. The summed E-state index contributed by atoms with van der Waals surface area (Å²) in [6, 6.07) is 17.1. The largest absolute Gasteiger partial charge is 0.497 e. The lowest BCUT2D eigenvalue weighted by atomic mass is 10.1. The number of nitrogens with zero attached hydrogens (tertiary/aromatic N) is 1. The molecule has 1 aliphatic carbocycles. The molecule has 0 spiro atoms. The van der Waals surface area contributed by atoms with Gasteiger partial charge in [-0.1, -0.05) is 43.7 Å². The second-order valence-electron chi connectivity index (χ2n) is 9.45. The molecule has 2 N–H and O–H groups in total. The molecule has 5 rings (SSSR count). The van der Waals surface area contributed by atoms with E-state index in [0.717, 1.165) is 34.3 Å². The lowest BCUT2D eigenvalue weighted by molar-refractivity contribution is -0.147. The highest BCUT2D eigenvalue weighted by molar-refractivity contribution is 5.93. The highest BCUT2D eigenvalue weighted by Crippen LogP contribution is 2.46. The fourth-order valence-corrected chi connectivity index (χ4v) is 5.10. The van der Waals surface area contributed by atoms with Gasteiger partial charge in [0, 0.05) is 36.0 Å². The van der Waals surface area contributed by atoms with E-state index in [2.05, 4.69) is 10.6 Å². The molecule has 0 bridgehead atoms. The van der Waals surface area contributed by atoms with Crippen LogP contribution in [0, 0.1) is 5.92 Å². The molecule has 1 saturated heterocycles. The summed E-state index contributed by atoms with van der Waals surface area (Å²) in [6.07, 6.45) is 1.69. The van der Waals surface area contributed by atoms with Crippen LogP contribution in [0.3, 0.4) is 0 Å². The van der Waals surface area contributed by atoms with Crippen LogP contribution < -0.4 is 20.1 Å². The summed E-state index contributed by atoms with van der Waals surface area (Å²) >= 11 is 0. The highest BCUT2D eigenvalue weighted by Gasteiger charge is 2.61. The number of rotatable bonds is 8. The Balaban J connectivity index is 1.35. The molecule has 1 amide bonds. The van der Waals surface area contributed by atoms with Crippen molar-refractivity contribution in [1.29, 1.82) is 0 Å². The first-order valence-corrected chi connectivity index (χ1v) is 12.3. The zero-order chi connectivity index (χ0) is 25.3. The fourth-order valence-electron chi connectivity index (χ4n) is 5.10. The maximum absolute atomic E-state index is 13.0. The van der Waals surface area contributed by atoms with Crippen LogP contribution in [0.4, 0.5) is 0 Å². The van der Waals surface area contributed by atoms with Crippen molar-refractivity contribution in [3.05, 3.63) is 54.6 Å². The van der Waals surface area contributed by atoms with Gasteiger partial charge in [-0.05, 0) is 24.5 Å². The van der Waals surface area contributed by atoms with Crippen molar-refractivity contribution in [3.63, 3.8) is 0 Å². The molecule has 8 nitrogen and oxygen atoms in total. The minimum absolute atomic E-state index is 0.110. The van der Waals surface area contributed by atoms with Crippen molar-refractivity contribution in [2.75, 3.05) is 20.8 Å². The molecule has 188 valence electrons. The third-order valence-electron chi connectivity index (χ3n) is 7.24. The van der Waals surface area contributed by atoms with E-state index >= 15 is 0 Å². The van der Waals surface area contributed by atoms with E-state index in [1.807, 2.05) is 61.5 Å². The van der Waals surface area contributed by atoms with Gasteiger partial charge < -0.3 is 24.8 Å². The van der Waals surface area contributed by atoms with E-state index in [1.54, 1.807) is 7.11 Å². The number of aromatic nitrogens is 1. The van der Waals surface area contributed by atoms with E-state index in [4.69, 9.17) is 19.2 Å². The average molecular weight is 490 g/mol.